The van der Waals surface area contributed by atoms with Crippen molar-refractivity contribution in [3.05, 3.63) is 30.1 Å². The molecule has 16 heavy (non-hydrogen) atoms. The highest BCUT2D eigenvalue weighted by atomic mass is 32.2. The average molecular weight is 239 g/mol. The first-order valence-corrected chi connectivity index (χ1v) is 6.71. The van der Waals surface area contributed by atoms with Crippen LogP contribution in [0, 0.1) is 0 Å². The molecule has 0 atom stereocenters. The van der Waals surface area contributed by atoms with Gasteiger partial charge in [-0.3, -0.25) is 0 Å². The first-order chi connectivity index (χ1) is 7.47. The lowest BCUT2D eigenvalue weighted by atomic mass is 10.3. The summed E-state index contributed by atoms with van der Waals surface area (Å²) < 4.78 is 26.3. The molecule has 86 valence electrons. The van der Waals surface area contributed by atoms with Crippen molar-refractivity contribution in [2.45, 2.75) is 6.54 Å². The number of aromatic nitrogens is 2. The SMILES string of the molecule is Cn1c(CNS(C)(=O)=O)nc2ccccc21. The summed E-state index contributed by atoms with van der Waals surface area (Å²) in [5.41, 5.74) is 1.86. The zero-order valence-electron chi connectivity index (χ0n) is 9.14. The molecule has 2 rings (SSSR count). The Balaban J connectivity index is 2.35. The minimum absolute atomic E-state index is 0.212. The number of hydrogen-bond donors (Lipinski definition) is 1. The third kappa shape index (κ3) is 2.23. The Morgan fingerprint density at radius 3 is 2.69 bits per heavy atom. The lowest BCUT2D eigenvalue weighted by Gasteiger charge is -2.02. The number of imidazole rings is 1. The zero-order chi connectivity index (χ0) is 11.8. The summed E-state index contributed by atoms with van der Waals surface area (Å²) in [6.07, 6.45) is 1.13. The number of aryl methyl sites for hydroxylation is 1. The van der Waals surface area contributed by atoms with Crippen LogP contribution in [0.15, 0.2) is 24.3 Å². The van der Waals surface area contributed by atoms with Gasteiger partial charge in [-0.25, -0.2) is 18.1 Å². The molecule has 5 nitrogen and oxygen atoms in total. The monoisotopic (exact) mass is 239 g/mol. The summed E-state index contributed by atoms with van der Waals surface area (Å²) >= 11 is 0. The molecule has 0 fully saturated rings. The molecule has 1 aromatic carbocycles. The summed E-state index contributed by atoms with van der Waals surface area (Å²) in [6, 6.07) is 7.69. The third-order valence-electron chi connectivity index (χ3n) is 2.37. The fourth-order valence-corrected chi connectivity index (χ4v) is 1.94. The predicted molar refractivity (Wildman–Crippen MR) is 62.4 cm³/mol. The predicted octanol–water partition coefficient (Wildman–Crippen LogP) is 0.622. The number of benzene rings is 1. The lowest BCUT2D eigenvalue weighted by Crippen LogP contribution is -2.22. The van der Waals surface area contributed by atoms with E-state index >= 15 is 0 Å². The van der Waals surface area contributed by atoms with E-state index in [0.717, 1.165) is 17.3 Å². The van der Waals surface area contributed by atoms with E-state index in [4.69, 9.17) is 0 Å². The highest BCUT2D eigenvalue weighted by Crippen LogP contribution is 2.13. The molecule has 0 spiro atoms. The zero-order valence-corrected chi connectivity index (χ0v) is 9.95. The topological polar surface area (TPSA) is 64.0 Å². The molecule has 1 aromatic heterocycles. The minimum atomic E-state index is -3.18. The first-order valence-electron chi connectivity index (χ1n) is 4.82. The van der Waals surface area contributed by atoms with Crippen molar-refractivity contribution < 1.29 is 8.42 Å². The van der Waals surface area contributed by atoms with Crippen molar-refractivity contribution in [2.75, 3.05) is 6.26 Å². The van der Waals surface area contributed by atoms with Gasteiger partial charge >= 0.3 is 0 Å². The van der Waals surface area contributed by atoms with E-state index in [2.05, 4.69) is 9.71 Å². The number of rotatable bonds is 3. The van der Waals surface area contributed by atoms with Gasteiger partial charge < -0.3 is 4.57 Å². The lowest BCUT2D eigenvalue weighted by molar-refractivity contribution is 0.584. The van der Waals surface area contributed by atoms with Crippen molar-refractivity contribution in [2.24, 2.45) is 7.05 Å². The second-order valence-electron chi connectivity index (χ2n) is 3.67. The van der Waals surface area contributed by atoms with Crippen LogP contribution in [0.5, 0.6) is 0 Å². The van der Waals surface area contributed by atoms with E-state index in [9.17, 15) is 8.42 Å². The van der Waals surface area contributed by atoms with Gasteiger partial charge in [0.2, 0.25) is 10.0 Å². The van der Waals surface area contributed by atoms with E-state index in [1.54, 1.807) is 0 Å². The van der Waals surface area contributed by atoms with Gasteiger partial charge in [-0.2, -0.15) is 0 Å². The van der Waals surface area contributed by atoms with Crippen LogP contribution < -0.4 is 4.72 Å². The summed E-state index contributed by atoms with van der Waals surface area (Å²) in [6.45, 7) is 0.212. The minimum Gasteiger partial charge on any atom is -0.330 e. The van der Waals surface area contributed by atoms with E-state index < -0.39 is 10.0 Å². The molecular weight excluding hydrogens is 226 g/mol. The Labute approximate surface area is 94.2 Å². The summed E-state index contributed by atoms with van der Waals surface area (Å²) in [5, 5.41) is 0. The Morgan fingerprint density at radius 2 is 2.06 bits per heavy atom. The molecule has 0 radical (unpaired) electrons. The Kier molecular flexibility index (Phi) is 2.69. The normalized spacial score (nSPS) is 12.1. The standard InChI is InChI=1S/C10H13N3O2S/c1-13-9-6-4-3-5-8(9)12-10(13)7-11-16(2,14)15/h3-6,11H,7H2,1-2H3. The fraction of sp³-hybridized carbons (Fsp3) is 0.300. The Hall–Kier alpha value is -1.40. The first kappa shape index (κ1) is 11.1. The highest BCUT2D eigenvalue weighted by molar-refractivity contribution is 7.88. The summed E-state index contributed by atoms with van der Waals surface area (Å²) in [5.74, 6) is 0.701. The number of sulfonamides is 1. The largest absolute Gasteiger partial charge is 0.330 e. The van der Waals surface area contributed by atoms with E-state index in [1.807, 2.05) is 35.9 Å². The van der Waals surface area contributed by atoms with Crippen LogP contribution in [0.4, 0.5) is 0 Å². The molecule has 1 N–H and O–H groups in total. The molecule has 6 heteroatoms. The third-order valence-corrected chi connectivity index (χ3v) is 3.04. The molecule has 0 saturated carbocycles. The van der Waals surface area contributed by atoms with Crippen LogP contribution in [-0.4, -0.2) is 24.2 Å². The van der Waals surface area contributed by atoms with Crippen LogP contribution >= 0.6 is 0 Å². The van der Waals surface area contributed by atoms with E-state index in [0.29, 0.717) is 5.82 Å². The van der Waals surface area contributed by atoms with Crippen molar-refractivity contribution in [3.8, 4) is 0 Å². The maximum absolute atomic E-state index is 11.0. The van der Waals surface area contributed by atoms with Crippen LogP contribution in [0.3, 0.4) is 0 Å². The molecular formula is C10H13N3O2S. The Bertz CT molecular complexity index is 616. The second kappa shape index (κ2) is 3.88. The molecule has 0 saturated heterocycles. The maximum Gasteiger partial charge on any atom is 0.209 e. The van der Waals surface area contributed by atoms with E-state index in [1.165, 1.54) is 0 Å². The van der Waals surface area contributed by atoms with Crippen molar-refractivity contribution in [1.82, 2.24) is 14.3 Å². The summed E-state index contributed by atoms with van der Waals surface area (Å²) in [7, 11) is -1.31. The van der Waals surface area contributed by atoms with Crippen LogP contribution in [0.2, 0.25) is 0 Å². The quantitative estimate of drug-likeness (QED) is 0.854. The maximum atomic E-state index is 11.0. The van der Waals surface area contributed by atoms with Crippen LogP contribution in [-0.2, 0) is 23.6 Å². The highest BCUT2D eigenvalue weighted by Gasteiger charge is 2.08. The van der Waals surface area contributed by atoms with Gasteiger partial charge in [-0.15, -0.1) is 0 Å². The van der Waals surface area contributed by atoms with Gasteiger partial charge in [0.25, 0.3) is 0 Å². The van der Waals surface area contributed by atoms with Gasteiger partial charge in [0.1, 0.15) is 5.82 Å². The molecule has 0 bridgehead atoms. The molecule has 2 aromatic rings. The second-order valence-corrected chi connectivity index (χ2v) is 5.50. The average Bonchev–Trinajstić information content (AvgIpc) is 2.53. The number of para-hydroxylation sites is 2. The molecule has 0 amide bonds. The molecule has 0 aliphatic heterocycles. The number of fused-ring (bicyclic) bond motifs is 1. The molecule has 0 aliphatic carbocycles. The van der Waals surface area contributed by atoms with Crippen molar-refractivity contribution >= 4 is 21.1 Å². The van der Waals surface area contributed by atoms with Crippen molar-refractivity contribution in [3.63, 3.8) is 0 Å². The van der Waals surface area contributed by atoms with Crippen LogP contribution in [0.25, 0.3) is 11.0 Å². The molecule has 0 unspecified atom stereocenters. The molecule has 1 heterocycles. The number of nitrogens with zero attached hydrogens (tertiary/aromatic N) is 2. The fourth-order valence-electron chi connectivity index (χ4n) is 1.55. The smallest absolute Gasteiger partial charge is 0.209 e. The van der Waals surface area contributed by atoms with Crippen LogP contribution in [0.1, 0.15) is 5.82 Å². The van der Waals surface area contributed by atoms with Gasteiger partial charge in [0.05, 0.1) is 23.8 Å². The number of hydrogen-bond acceptors (Lipinski definition) is 3. The number of nitrogens with one attached hydrogen (secondary N) is 1. The van der Waals surface area contributed by atoms with Gasteiger partial charge in [0.15, 0.2) is 0 Å². The van der Waals surface area contributed by atoms with E-state index in [-0.39, 0.29) is 6.54 Å². The van der Waals surface area contributed by atoms with Gasteiger partial charge in [-0.05, 0) is 12.1 Å². The van der Waals surface area contributed by atoms with Gasteiger partial charge in [0, 0.05) is 7.05 Å². The van der Waals surface area contributed by atoms with Gasteiger partial charge in [-0.1, -0.05) is 12.1 Å². The summed E-state index contributed by atoms with van der Waals surface area (Å²) in [4.78, 5) is 4.35. The van der Waals surface area contributed by atoms with Crippen molar-refractivity contribution in [1.29, 1.82) is 0 Å². The molecule has 0 aliphatic rings. The Morgan fingerprint density at radius 1 is 1.38 bits per heavy atom.